The third kappa shape index (κ3) is 2.80. The van der Waals surface area contributed by atoms with Crippen LogP contribution in [0.3, 0.4) is 0 Å². The summed E-state index contributed by atoms with van der Waals surface area (Å²) in [4.78, 5) is 13.1. The Bertz CT molecular complexity index is 902. The molecule has 5 heteroatoms. The largest absolute Gasteiger partial charge is 0.464 e. The van der Waals surface area contributed by atoms with E-state index < -0.39 is 17.3 Å². The Hall–Kier alpha value is -3.05. The molecule has 0 spiro atoms. The number of hydrogen-bond acceptors (Lipinski definition) is 5. The van der Waals surface area contributed by atoms with Crippen LogP contribution in [0.15, 0.2) is 52.7 Å². The van der Waals surface area contributed by atoms with Crippen molar-refractivity contribution in [1.82, 2.24) is 0 Å². The molecule has 27 heavy (non-hydrogen) atoms. The number of carbonyl (C=O) groups excluding carboxylic acids is 1. The maximum atomic E-state index is 13.1. The Labute approximate surface area is 159 Å². The van der Waals surface area contributed by atoms with Gasteiger partial charge in [0.1, 0.15) is 6.07 Å². The van der Waals surface area contributed by atoms with Crippen molar-refractivity contribution < 1.29 is 9.53 Å². The van der Waals surface area contributed by atoms with Crippen molar-refractivity contribution in [2.75, 3.05) is 6.61 Å². The maximum absolute atomic E-state index is 13.1. The molecule has 2 aliphatic rings. The van der Waals surface area contributed by atoms with E-state index in [1.165, 1.54) is 0 Å². The molecule has 1 aromatic rings. The van der Waals surface area contributed by atoms with Crippen LogP contribution in [-0.2, 0) is 9.53 Å². The van der Waals surface area contributed by atoms with E-state index in [1.54, 1.807) is 6.92 Å². The normalized spacial score (nSPS) is 27.4. The zero-order valence-electron chi connectivity index (χ0n) is 15.7. The van der Waals surface area contributed by atoms with Gasteiger partial charge in [-0.25, -0.2) is 4.79 Å². The molecule has 0 fully saturated rings. The molecule has 0 aliphatic heterocycles. The fourth-order valence-corrected chi connectivity index (χ4v) is 4.37. The lowest BCUT2D eigenvalue weighted by Crippen LogP contribution is -2.46. The van der Waals surface area contributed by atoms with E-state index in [-0.39, 0.29) is 17.9 Å². The lowest BCUT2D eigenvalue weighted by molar-refractivity contribution is -0.151. The van der Waals surface area contributed by atoms with Crippen LogP contribution in [-0.4, -0.2) is 12.6 Å². The molecule has 0 saturated carbocycles. The Kier molecular flexibility index (Phi) is 5.06. The lowest BCUT2D eigenvalue weighted by Gasteiger charge is -2.43. The molecule has 1 aromatic carbocycles. The number of nitrogens with zero attached hydrogens (tertiary/aromatic N) is 2. The van der Waals surface area contributed by atoms with E-state index in [4.69, 9.17) is 10.5 Å². The fourth-order valence-electron chi connectivity index (χ4n) is 4.37. The summed E-state index contributed by atoms with van der Waals surface area (Å²) in [7, 11) is 0. The third-order valence-electron chi connectivity index (χ3n) is 5.64. The number of ether oxygens (including phenoxy) is 1. The van der Waals surface area contributed by atoms with Crippen molar-refractivity contribution in [3.05, 3.63) is 58.3 Å². The molecule has 2 aliphatic carbocycles. The van der Waals surface area contributed by atoms with Crippen molar-refractivity contribution in [2.45, 2.75) is 39.0 Å². The Morgan fingerprint density at radius 2 is 2.04 bits per heavy atom. The highest BCUT2D eigenvalue weighted by atomic mass is 16.5. The molecule has 0 unspecified atom stereocenters. The molecule has 0 bridgehead atoms. The smallest absolute Gasteiger partial charge is 0.333 e. The van der Waals surface area contributed by atoms with Crippen LogP contribution >= 0.6 is 0 Å². The first-order chi connectivity index (χ1) is 13.0. The fraction of sp³-hybridized carbons (Fsp3) is 0.409. The van der Waals surface area contributed by atoms with E-state index in [2.05, 4.69) is 19.1 Å². The first kappa shape index (κ1) is 18.7. The molecule has 0 amide bonds. The van der Waals surface area contributed by atoms with Gasteiger partial charge in [-0.2, -0.15) is 10.5 Å². The summed E-state index contributed by atoms with van der Waals surface area (Å²) in [6, 6.07) is 13.8. The van der Waals surface area contributed by atoms with Gasteiger partial charge < -0.3 is 10.5 Å². The van der Waals surface area contributed by atoms with Crippen LogP contribution < -0.4 is 5.73 Å². The van der Waals surface area contributed by atoms with Gasteiger partial charge in [0.05, 0.1) is 23.9 Å². The molecule has 2 N–H and O–H groups in total. The number of benzene rings is 1. The number of nitriles is 2. The monoisotopic (exact) mass is 361 g/mol. The predicted molar refractivity (Wildman–Crippen MR) is 101 cm³/mol. The predicted octanol–water partition coefficient (Wildman–Crippen LogP) is 3.71. The molecule has 3 atom stereocenters. The summed E-state index contributed by atoms with van der Waals surface area (Å²) in [6.45, 7) is 3.99. The van der Waals surface area contributed by atoms with Crippen molar-refractivity contribution >= 4 is 5.97 Å². The molecule has 5 nitrogen and oxygen atoms in total. The molecule has 0 heterocycles. The van der Waals surface area contributed by atoms with Crippen molar-refractivity contribution in [3.8, 4) is 12.1 Å². The second-order valence-electron chi connectivity index (χ2n) is 7.24. The summed E-state index contributed by atoms with van der Waals surface area (Å²) in [5.41, 5.74) is 7.67. The van der Waals surface area contributed by atoms with Gasteiger partial charge in [-0.1, -0.05) is 42.8 Å². The van der Waals surface area contributed by atoms with E-state index in [1.807, 2.05) is 30.3 Å². The zero-order chi connectivity index (χ0) is 19.6. The van der Waals surface area contributed by atoms with E-state index in [9.17, 15) is 15.3 Å². The summed E-state index contributed by atoms with van der Waals surface area (Å²) < 4.78 is 5.29. The Morgan fingerprint density at radius 3 is 2.63 bits per heavy atom. The minimum Gasteiger partial charge on any atom is -0.464 e. The van der Waals surface area contributed by atoms with Crippen LogP contribution in [0.25, 0.3) is 0 Å². The molecular formula is C22H23N3O2. The van der Waals surface area contributed by atoms with Crippen LogP contribution in [0.4, 0.5) is 0 Å². The van der Waals surface area contributed by atoms with Crippen LogP contribution in [0.1, 0.15) is 44.6 Å². The second-order valence-corrected chi connectivity index (χ2v) is 7.24. The van der Waals surface area contributed by atoms with Crippen LogP contribution in [0.5, 0.6) is 0 Å². The van der Waals surface area contributed by atoms with E-state index in [0.717, 1.165) is 36.0 Å². The van der Waals surface area contributed by atoms with Gasteiger partial charge in [0.2, 0.25) is 5.41 Å². The number of hydrogen-bond donors (Lipinski definition) is 1. The van der Waals surface area contributed by atoms with Gasteiger partial charge in [0.15, 0.2) is 0 Å². The van der Waals surface area contributed by atoms with E-state index in [0.29, 0.717) is 5.92 Å². The van der Waals surface area contributed by atoms with Gasteiger partial charge >= 0.3 is 5.97 Å². The number of esters is 1. The van der Waals surface area contributed by atoms with Crippen LogP contribution in [0, 0.1) is 34.0 Å². The van der Waals surface area contributed by atoms with Gasteiger partial charge in [0, 0.05) is 5.92 Å². The standard InChI is InChI=1S/C22H23N3O2/c1-3-27-21(26)22(13-24)19(15-7-5-4-6-8-15)17-11-14(2)9-10-16(17)18(12-23)20(22)25/h4-8,14,19H,3,9-11,25H2,1-2H3/t14-,19-,22+/m1/s1. The Balaban J connectivity index is 2.35. The quantitative estimate of drug-likeness (QED) is 0.827. The summed E-state index contributed by atoms with van der Waals surface area (Å²) in [5.74, 6) is -0.818. The van der Waals surface area contributed by atoms with Gasteiger partial charge in [-0.3, -0.25) is 0 Å². The second kappa shape index (κ2) is 7.29. The SMILES string of the molecule is CCOC(=O)[C@]1(C#N)C(N)=C(C#N)C2=C(C[C@H](C)CC2)[C@H]1c1ccccc1. The highest BCUT2D eigenvalue weighted by Crippen LogP contribution is 2.55. The highest BCUT2D eigenvalue weighted by molar-refractivity contribution is 5.88. The molecule has 0 aromatic heterocycles. The molecule has 0 radical (unpaired) electrons. The first-order valence-electron chi connectivity index (χ1n) is 9.27. The third-order valence-corrected chi connectivity index (χ3v) is 5.64. The number of rotatable bonds is 3. The topological polar surface area (TPSA) is 99.9 Å². The van der Waals surface area contributed by atoms with Gasteiger partial charge in [-0.05, 0) is 43.2 Å². The molecule has 138 valence electrons. The average Bonchev–Trinajstić information content (AvgIpc) is 2.68. The summed E-state index contributed by atoms with van der Waals surface area (Å²) in [5, 5.41) is 20.0. The molecule has 0 saturated heterocycles. The van der Waals surface area contributed by atoms with Crippen molar-refractivity contribution in [2.24, 2.45) is 17.1 Å². The first-order valence-corrected chi connectivity index (χ1v) is 9.27. The van der Waals surface area contributed by atoms with E-state index >= 15 is 0 Å². The number of nitrogens with two attached hydrogens (primary N) is 1. The minimum absolute atomic E-state index is 0.0214. The number of carbonyl (C=O) groups is 1. The lowest BCUT2D eigenvalue weighted by atomic mass is 9.58. The maximum Gasteiger partial charge on any atom is 0.333 e. The summed E-state index contributed by atoms with van der Waals surface area (Å²) in [6.07, 6.45) is 2.42. The average molecular weight is 361 g/mol. The molecular weight excluding hydrogens is 338 g/mol. The highest BCUT2D eigenvalue weighted by Gasteiger charge is 2.56. The Morgan fingerprint density at radius 1 is 1.33 bits per heavy atom. The summed E-state index contributed by atoms with van der Waals surface area (Å²) >= 11 is 0. The van der Waals surface area contributed by atoms with Crippen molar-refractivity contribution in [1.29, 1.82) is 10.5 Å². The minimum atomic E-state index is -1.72. The van der Waals surface area contributed by atoms with Gasteiger partial charge in [0.25, 0.3) is 0 Å². The number of allylic oxidation sites excluding steroid dienone is 3. The van der Waals surface area contributed by atoms with Crippen molar-refractivity contribution in [3.63, 3.8) is 0 Å². The zero-order valence-corrected chi connectivity index (χ0v) is 15.7. The molecule has 3 rings (SSSR count). The van der Waals surface area contributed by atoms with Gasteiger partial charge in [-0.15, -0.1) is 0 Å². The van der Waals surface area contributed by atoms with Crippen LogP contribution in [0.2, 0.25) is 0 Å².